The summed E-state index contributed by atoms with van der Waals surface area (Å²) < 4.78 is 5.45. The molecule has 0 aliphatic rings. The molecule has 0 bridgehead atoms. The number of rotatable bonds is 2. The highest BCUT2D eigenvalue weighted by Crippen LogP contribution is 2.31. The standard InChI is InChI=1S/C16H12ClNO/c1-19-16-10-14(11-5-3-2-4-6-11)18-15-9-12(17)7-8-13(15)16/h2-10H,1H3. The van der Waals surface area contributed by atoms with E-state index in [1.54, 1.807) is 7.11 Å². The summed E-state index contributed by atoms with van der Waals surface area (Å²) in [5, 5.41) is 1.64. The molecule has 3 rings (SSSR count). The van der Waals surface area contributed by atoms with Gasteiger partial charge in [0.2, 0.25) is 0 Å². The normalized spacial score (nSPS) is 10.6. The summed E-state index contributed by atoms with van der Waals surface area (Å²) in [6.07, 6.45) is 0. The van der Waals surface area contributed by atoms with Gasteiger partial charge >= 0.3 is 0 Å². The van der Waals surface area contributed by atoms with Gasteiger partial charge in [0, 0.05) is 22.0 Å². The lowest BCUT2D eigenvalue weighted by Crippen LogP contribution is -1.91. The van der Waals surface area contributed by atoms with Crippen LogP contribution in [0.2, 0.25) is 5.02 Å². The van der Waals surface area contributed by atoms with Crippen LogP contribution in [0, 0.1) is 0 Å². The fourth-order valence-electron chi connectivity index (χ4n) is 2.10. The van der Waals surface area contributed by atoms with Crippen LogP contribution in [-0.4, -0.2) is 12.1 Å². The van der Waals surface area contributed by atoms with E-state index in [4.69, 9.17) is 16.3 Å². The Morgan fingerprint density at radius 1 is 1.00 bits per heavy atom. The molecule has 0 saturated carbocycles. The molecule has 0 N–H and O–H groups in total. The van der Waals surface area contributed by atoms with Crippen LogP contribution in [0.4, 0.5) is 0 Å². The number of hydrogen-bond acceptors (Lipinski definition) is 2. The minimum absolute atomic E-state index is 0.673. The third-order valence-electron chi connectivity index (χ3n) is 3.02. The summed E-state index contributed by atoms with van der Waals surface area (Å²) in [5.74, 6) is 0.806. The van der Waals surface area contributed by atoms with Crippen LogP contribution in [0.3, 0.4) is 0 Å². The van der Waals surface area contributed by atoms with Crippen molar-refractivity contribution in [1.82, 2.24) is 4.98 Å². The van der Waals surface area contributed by atoms with Gasteiger partial charge in [-0.2, -0.15) is 0 Å². The number of halogens is 1. The number of hydrogen-bond donors (Lipinski definition) is 0. The van der Waals surface area contributed by atoms with E-state index in [1.165, 1.54) is 0 Å². The first-order valence-corrected chi connectivity index (χ1v) is 6.35. The molecule has 0 radical (unpaired) electrons. The van der Waals surface area contributed by atoms with Crippen molar-refractivity contribution in [2.45, 2.75) is 0 Å². The van der Waals surface area contributed by atoms with Crippen molar-refractivity contribution < 1.29 is 4.74 Å². The predicted octanol–water partition coefficient (Wildman–Crippen LogP) is 4.56. The summed E-state index contributed by atoms with van der Waals surface area (Å²) in [5.41, 5.74) is 2.78. The predicted molar refractivity (Wildman–Crippen MR) is 78.7 cm³/mol. The molecule has 0 spiro atoms. The second kappa shape index (κ2) is 4.90. The number of aromatic nitrogens is 1. The van der Waals surface area contributed by atoms with Crippen LogP contribution >= 0.6 is 11.6 Å². The van der Waals surface area contributed by atoms with E-state index in [2.05, 4.69) is 4.98 Å². The fraction of sp³-hybridized carbons (Fsp3) is 0.0625. The SMILES string of the molecule is COc1cc(-c2ccccc2)nc2cc(Cl)ccc12. The average molecular weight is 270 g/mol. The number of fused-ring (bicyclic) bond motifs is 1. The zero-order valence-corrected chi connectivity index (χ0v) is 11.2. The largest absolute Gasteiger partial charge is 0.496 e. The van der Waals surface area contributed by atoms with Gasteiger partial charge in [-0.15, -0.1) is 0 Å². The minimum atomic E-state index is 0.673. The van der Waals surface area contributed by atoms with E-state index in [-0.39, 0.29) is 0 Å². The maximum atomic E-state index is 6.03. The fourth-order valence-corrected chi connectivity index (χ4v) is 2.26. The van der Waals surface area contributed by atoms with Crippen molar-refractivity contribution >= 4 is 22.5 Å². The number of benzene rings is 2. The number of methoxy groups -OCH3 is 1. The Hall–Kier alpha value is -2.06. The van der Waals surface area contributed by atoms with Crippen LogP contribution in [0.25, 0.3) is 22.2 Å². The lowest BCUT2D eigenvalue weighted by atomic mass is 10.1. The van der Waals surface area contributed by atoms with Crippen LogP contribution in [0.15, 0.2) is 54.6 Å². The number of nitrogens with zero attached hydrogens (tertiary/aromatic N) is 1. The van der Waals surface area contributed by atoms with Crippen molar-refractivity contribution in [3.8, 4) is 17.0 Å². The molecule has 1 heterocycles. The monoisotopic (exact) mass is 269 g/mol. The molecule has 1 aromatic heterocycles. The molecule has 3 heteroatoms. The van der Waals surface area contributed by atoms with Crippen LogP contribution in [0.5, 0.6) is 5.75 Å². The molecule has 0 fully saturated rings. The first-order valence-electron chi connectivity index (χ1n) is 5.97. The highest BCUT2D eigenvalue weighted by molar-refractivity contribution is 6.31. The van der Waals surface area contributed by atoms with Gasteiger partial charge in [-0.3, -0.25) is 0 Å². The second-order valence-electron chi connectivity index (χ2n) is 4.24. The first kappa shape index (κ1) is 12.0. The molecular formula is C16H12ClNO. The average Bonchev–Trinajstić information content (AvgIpc) is 2.46. The van der Waals surface area contributed by atoms with Gasteiger partial charge in [-0.25, -0.2) is 4.98 Å². The van der Waals surface area contributed by atoms with Gasteiger partial charge in [0.15, 0.2) is 0 Å². The molecule has 0 amide bonds. The van der Waals surface area contributed by atoms with Gasteiger partial charge in [-0.05, 0) is 18.2 Å². The molecule has 0 aliphatic carbocycles. The van der Waals surface area contributed by atoms with E-state index in [0.29, 0.717) is 5.02 Å². The van der Waals surface area contributed by atoms with Crippen molar-refractivity contribution in [2.75, 3.05) is 7.11 Å². The Bertz CT molecular complexity index is 725. The summed E-state index contributed by atoms with van der Waals surface area (Å²) in [6, 6.07) is 17.6. The van der Waals surface area contributed by atoms with Crippen molar-refractivity contribution in [2.24, 2.45) is 0 Å². The lowest BCUT2D eigenvalue weighted by Gasteiger charge is -2.09. The molecule has 3 aromatic rings. The van der Waals surface area contributed by atoms with Gasteiger partial charge in [0.1, 0.15) is 5.75 Å². The lowest BCUT2D eigenvalue weighted by molar-refractivity contribution is 0.419. The van der Waals surface area contributed by atoms with Gasteiger partial charge in [0.25, 0.3) is 0 Å². The van der Waals surface area contributed by atoms with E-state index >= 15 is 0 Å². The van der Waals surface area contributed by atoms with Gasteiger partial charge in [0.05, 0.1) is 18.3 Å². The third-order valence-corrected chi connectivity index (χ3v) is 3.26. The summed E-state index contributed by atoms with van der Waals surface area (Å²) in [7, 11) is 1.66. The van der Waals surface area contributed by atoms with E-state index in [9.17, 15) is 0 Å². The van der Waals surface area contributed by atoms with Crippen molar-refractivity contribution in [3.63, 3.8) is 0 Å². The minimum Gasteiger partial charge on any atom is -0.496 e. The van der Waals surface area contributed by atoms with E-state index in [1.807, 2.05) is 54.6 Å². The first-order chi connectivity index (χ1) is 9.28. The van der Waals surface area contributed by atoms with E-state index in [0.717, 1.165) is 27.9 Å². The summed E-state index contributed by atoms with van der Waals surface area (Å²) in [4.78, 5) is 4.65. The van der Waals surface area contributed by atoms with Gasteiger partial charge < -0.3 is 4.74 Å². The van der Waals surface area contributed by atoms with Crippen molar-refractivity contribution in [3.05, 3.63) is 59.6 Å². The molecule has 0 aliphatic heterocycles. The van der Waals surface area contributed by atoms with Crippen LogP contribution in [-0.2, 0) is 0 Å². The highest BCUT2D eigenvalue weighted by atomic mass is 35.5. The van der Waals surface area contributed by atoms with Crippen LogP contribution < -0.4 is 4.74 Å². The van der Waals surface area contributed by atoms with E-state index < -0.39 is 0 Å². The Balaban J connectivity index is 2.27. The molecule has 2 nitrogen and oxygen atoms in total. The third kappa shape index (κ3) is 2.27. The quantitative estimate of drug-likeness (QED) is 0.680. The Morgan fingerprint density at radius 3 is 2.53 bits per heavy atom. The summed E-state index contributed by atoms with van der Waals surface area (Å²) >= 11 is 6.03. The topological polar surface area (TPSA) is 22.1 Å². The van der Waals surface area contributed by atoms with Crippen molar-refractivity contribution in [1.29, 1.82) is 0 Å². The second-order valence-corrected chi connectivity index (χ2v) is 4.67. The molecule has 2 aromatic carbocycles. The molecule has 0 atom stereocenters. The molecule has 19 heavy (non-hydrogen) atoms. The zero-order valence-electron chi connectivity index (χ0n) is 10.4. The maximum Gasteiger partial charge on any atom is 0.130 e. The number of pyridine rings is 1. The molecular weight excluding hydrogens is 258 g/mol. The Kier molecular flexibility index (Phi) is 3.10. The molecule has 0 saturated heterocycles. The molecule has 94 valence electrons. The highest BCUT2D eigenvalue weighted by Gasteiger charge is 2.08. The summed E-state index contributed by atoms with van der Waals surface area (Å²) in [6.45, 7) is 0. The Labute approximate surface area is 116 Å². The zero-order chi connectivity index (χ0) is 13.2. The van der Waals surface area contributed by atoms with Crippen LogP contribution in [0.1, 0.15) is 0 Å². The smallest absolute Gasteiger partial charge is 0.130 e. The number of ether oxygens (including phenoxy) is 1. The molecule has 0 unspecified atom stereocenters. The Morgan fingerprint density at radius 2 is 1.79 bits per heavy atom. The van der Waals surface area contributed by atoms with Gasteiger partial charge in [-0.1, -0.05) is 41.9 Å². The maximum absolute atomic E-state index is 6.03.